The number of aliphatic hydroxyl groups excluding tert-OH is 1. The van der Waals surface area contributed by atoms with E-state index in [0.717, 1.165) is 29.6 Å². The zero-order valence-corrected chi connectivity index (χ0v) is 9.41. The van der Waals surface area contributed by atoms with Crippen molar-refractivity contribution in [3.63, 3.8) is 0 Å². The smallest absolute Gasteiger partial charge is 0.144 e. The number of pyridine rings is 1. The van der Waals surface area contributed by atoms with Crippen LogP contribution in [0, 0.1) is 0 Å². The summed E-state index contributed by atoms with van der Waals surface area (Å²) in [5.74, 6) is 0. The first-order valence-electron chi connectivity index (χ1n) is 5.77. The highest BCUT2D eigenvalue weighted by Crippen LogP contribution is 2.31. The number of nitrogens with two attached hydrogens (primary N) is 1. The van der Waals surface area contributed by atoms with E-state index < -0.39 is 0 Å². The highest BCUT2D eigenvalue weighted by Gasteiger charge is 2.26. The van der Waals surface area contributed by atoms with E-state index in [1.807, 2.05) is 16.8 Å². The summed E-state index contributed by atoms with van der Waals surface area (Å²) in [6, 6.07) is 3.74. The Labute approximate surface area is 98.8 Å². The largest absolute Gasteiger partial charge is 0.398 e. The van der Waals surface area contributed by atoms with Crippen LogP contribution in [0.15, 0.2) is 24.5 Å². The number of ether oxygens (including phenoxy) is 1. The molecule has 0 amide bonds. The number of aliphatic hydroxyl groups is 1. The molecule has 0 saturated carbocycles. The van der Waals surface area contributed by atoms with Gasteiger partial charge < -0.3 is 20.1 Å². The minimum atomic E-state index is -0.0569. The fraction of sp³-hybridized carbons (Fsp3) is 0.417. The first kappa shape index (κ1) is 10.6. The molecule has 5 nitrogen and oxygen atoms in total. The molecule has 3 rings (SSSR count). The van der Waals surface area contributed by atoms with Crippen molar-refractivity contribution >= 4 is 16.7 Å². The van der Waals surface area contributed by atoms with Gasteiger partial charge in [-0.15, -0.1) is 0 Å². The summed E-state index contributed by atoms with van der Waals surface area (Å²) in [5, 5.41) is 10.0. The Morgan fingerprint density at radius 1 is 1.47 bits per heavy atom. The van der Waals surface area contributed by atoms with Crippen LogP contribution < -0.4 is 5.73 Å². The SMILES string of the molecule is Nc1ccnc2c1ccn2[C@H]1CC[C@@H](CO)O1. The van der Waals surface area contributed by atoms with Crippen LogP contribution in [0.1, 0.15) is 19.1 Å². The van der Waals surface area contributed by atoms with E-state index in [0.29, 0.717) is 0 Å². The van der Waals surface area contributed by atoms with Gasteiger partial charge in [0.15, 0.2) is 0 Å². The third kappa shape index (κ3) is 1.67. The molecule has 2 aromatic heterocycles. The van der Waals surface area contributed by atoms with E-state index in [2.05, 4.69) is 4.98 Å². The molecule has 0 bridgehead atoms. The highest BCUT2D eigenvalue weighted by atomic mass is 16.5. The lowest BCUT2D eigenvalue weighted by molar-refractivity contribution is -0.0204. The molecule has 17 heavy (non-hydrogen) atoms. The lowest BCUT2D eigenvalue weighted by atomic mass is 10.2. The fourth-order valence-corrected chi connectivity index (χ4v) is 2.34. The molecule has 0 aliphatic carbocycles. The molecule has 1 saturated heterocycles. The van der Waals surface area contributed by atoms with Crippen LogP contribution in [-0.4, -0.2) is 27.4 Å². The van der Waals surface area contributed by atoms with Crippen molar-refractivity contribution < 1.29 is 9.84 Å². The second kappa shape index (κ2) is 4.01. The van der Waals surface area contributed by atoms with Crippen LogP contribution in [0.4, 0.5) is 5.69 Å². The van der Waals surface area contributed by atoms with E-state index in [1.54, 1.807) is 12.3 Å². The molecule has 3 N–H and O–H groups in total. The van der Waals surface area contributed by atoms with Crippen LogP contribution in [-0.2, 0) is 4.74 Å². The Morgan fingerprint density at radius 2 is 2.35 bits per heavy atom. The van der Waals surface area contributed by atoms with Gasteiger partial charge in [-0.25, -0.2) is 4.98 Å². The first-order chi connectivity index (χ1) is 8.29. The lowest BCUT2D eigenvalue weighted by Crippen LogP contribution is -2.14. The Balaban J connectivity index is 1.99. The highest BCUT2D eigenvalue weighted by molar-refractivity contribution is 5.88. The molecule has 1 fully saturated rings. The van der Waals surface area contributed by atoms with Crippen molar-refractivity contribution in [2.45, 2.75) is 25.2 Å². The average molecular weight is 233 g/mol. The maximum atomic E-state index is 9.07. The Hall–Kier alpha value is -1.59. The molecule has 0 spiro atoms. The first-order valence-corrected chi connectivity index (χ1v) is 5.77. The molecule has 3 heterocycles. The fourth-order valence-electron chi connectivity index (χ4n) is 2.34. The molecule has 2 aromatic rings. The predicted molar refractivity (Wildman–Crippen MR) is 64.4 cm³/mol. The molecule has 1 aliphatic rings. The molecular formula is C12H15N3O2. The van der Waals surface area contributed by atoms with Gasteiger partial charge in [-0.3, -0.25) is 0 Å². The van der Waals surface area contributed by atoms with Crippen molar-refractivity contribution in [1.29, 1.82) is 0 Å². The van der Waals surface area contributed by atoms with Crippen molar-refractivity contribution in [3.8, 4) is 0 Å². The van der Waals surface area contributed by atoms with Gasteiger partial charge in [0.05, 0.1) is 12.7 Å². The number of fused-ring (bicyclic) bond motifs is 1. The summed E-state index contributed by atoms with van der Waals surface area (Å²) in [5.41, 5.74) is 7.46. The number of nitrogens with zero attached hydrogens (tertiary/aromatic N) is 2. The van der Waals surface area contributed by atoms with Gasteiger partial charge in [-0.05, 0) is 25.0 Å². The van der Waals surface area contributed by atoms with Crippen LogP contribution in [0.25, 0.3) is 11.0 Å². The van der Waals surface area contributed by atoms with Gasteiger partial charge in [0.2, 0.25) is 0 Å². The van der Waals surface area contributed by atoms with Gasteiger partial charge in [0.1, 0.15) is 11.9 Å². The van der Waals surface area contributed by atoms with Crippen molar-refractivity contribution in [2.75, 3.05) is 12.3 Å². The Kier molecular flexibility index (Phi) is 2.49. The molecular weight excluding hydrogens is 218 g/mol. The topological polar surface area (TPSA) is 73.3 Å². The number of aromatic nitrogens is 2. The second-order valence-electron chi connectivity index (χ2n) is 4.33. The number of hydrogen-bond acceptors (Lipinski definition) is 4. The normalized spacial score (nSPS) is 24.5. The number of hydrogen-bond donors (Lipinski definition) is 2. The van der Waals surface area contributed by atoms with Crippen LogP contribution in [0.3, 0.4) is 0 Å². The maximum Gasteiger partial charge on any atom is 0.144 e. The standard InChI is InChI=1S/C12H15N3O2/c13-10-3-5-14-12-9(10)4-6-15(12)11-2-1-8(7-16)17-11/h3-6,8,11,16H,1-2,7H2,(H2,13,14)/t8-,11+/m0/s1. The number of rotatable bonds is 2. The van der Waals surface area contributed by atoms with Crippen molar-refractivity contribution in [2.24, 2.45) is 0 Å². The average Bonchev–Trinajstić information content (AvgIpc) is 2.94. The summed E-state index contributed by atoms with van der Waals surface area (Å²) in [6.45, 7) is 0.0747. The molecule has 2 atom stereocenters. The van der Waals surface area contributed by atoms with Gasteiger partial charge in [0, 0.05) is 23.5 Å². The van der Waals surface area contributed by atoms with E-state index in [-0.39, 0.29) is 18.9 Å². The van der Waals surface area contributed by atoms with Crippen LogP contribution in [0.5, 0.6) is 0 Å². The third-order valence-corrected chi connectivity index (χ3v) is 3.25. The molecule has 0 unspecified atom stereocenters. The lowest BCUT2D eigenvalue weighted by Gasteiger charge is -2.14. The quantitative estimate of drug-likeness (QED) is 0.819. The van der Waals surface area contributed by atoms with Crippen molar-refractivity contribution in [1.82, 2.24) is 9.55 Å². The Bertz CT molecular complexity index is 538. The predicted octanol–water partition coefficient (Wildman–Crippen LogP) is 1.29. The summed E-state index contributed by atoms with van der Waals surface area (Å²) in [7, 11) is 0. The molecule has 1 aliphatic heterocycles. The molecule has 5 heteroatoms. The van der Waals surface area contributed by atoms with E-state index in [1.165, 1.54) is 0 Å². The van der Waals surface area contributed by atoms with Gasteiger partial charge >= 0.3 is 0 Å². The van der Waals surface area contributed by atoms with Crippen molar-refractivity contribution in [3.05, 3.63) is 24.5 Å². The summed E-state index contributed by atoms with van der Waals surface area (Å²) < 4.78 is 7.72. The maximum absolute atomic E-state index is 9.07. The molecule has 0 aromatic carbocycles. The summed E-state index contributed by atoms with van der Waals surface area (Å²) in [4.78, 5) is 4.34. The van der Waals surface area contributed by atoms with Gasteiger partial charge in [-0.2, -0.15) is 0 Å². The minimum absolute atomic E-state index is 0.0426. The van der Waals surface area contributed by atoms with E-state index in [9.17, 15) is 0 Å². The summed E-state index contributed by atoms with van der Waals surface area (Å²) in [6.07, 6.45) is 5.32. The third-order valence-electron chi connectivity index (χ3n) is 3.25. The zero-order valence-electron chi connectivity index (χ0n) is 9.41. The summed E-state index contributed by atoms with van der Waals surface area (Å²) >= 11 is 0. The van der Waals surface area contributed by atoms with E-state index >= 15 is 0 Å². The monoisotopic (exact) mass is 233 g/mol. The van der Waals surface area contributed by atoms with Crippen LogP contribution in [0.2, 0.25) is 0 Å². The van der Waals surface area contributed by atoms with Crippen LogP contribution >= 0.6 is 0 Å². The van der Waals surface area contributed by atoms with Gasteiger partial charge in [-0.1, -0.05) is 0 Å². The second-order valence-corrected chi connectivity index (χ2v) is 4.33. The van der Waals surface area contributed by atoms with E-state index in [4.69, 9.17) is 15.6 Å². The minimum Gasteiger partial charge on any atom is -0.398 e. The molecule has 0 radical (unpaired) electrons. The Morgan fingerprint density at radius 3 is 3.12 bits per heavy atom. The molecule has 90 valence electrons. The number of anilines is 1. The number of nitrogen functional groups attached to an aromatic ring is 1. The zero-order chi connectivity index (χ0) is 11.8. The van der Waals surface area contributed by atoms with Gasteiger partial charge in [0.25, 0.3) is 0 Å².